The molecule has 1 heterocycles. The average molecular weight is 314 g/mol. The molecule has 0 fully saturated rings. The third-order valence-electron chi connectivity index (χ3n) is 4.00. The molecule has 1 aliphatic carbocycles. The number of allylic oxidation sites excluding steroid dienone is 2. The summed E-state index contributed by atoms with van der Waals surface area (Å²) in [4.78, 5) is 50.0. The van der Waals surface area contributed by atoms with Crippen LogP contribution < -0.4 is 11.2 Å². The first kappa shape index (κ1) is 15.0. The summed E-state index contributed by atoms with van der Waals surface area (Å²) in [6.07, 6.45) is 1.02. The van der Waals surface area contributed by atoms with Gasteiger partial charge in [0.05, 0.1) is 10.9 Å². The lowest BCUT2D eigenvalue weighted by atomic mass is 9.90. The Labute approximate surface area is 129 Å². The Morgan fingerprint density at radius 3 is 2.65 bits per heavy atom. The molecular weight excluding hydrogens is 300 g/mol. The van der Waals surface area contributed by atoms with E-state index < -0.39 is 22.8 Å². The summed E-state index contributed by atoms with van der Waals surface area (Å²) in [5.74, 6) is -1.21. The van der Waals surface area contributed by atoms with E-state index in [-0.39, 0.29) is 35.1 Å². The molecule has 3 rings (SSSR count). The third-order valence-corrected chi connectivity index (χ3v) is 4.00. The molecule has 0 atom stereocenters. The van der Waals surface area contributed by atoms with E-state index in [1.165, 1.54) is 29.8 Å². The quantitative estimate of drug-likeness (QED) is 0.634. The molecule has 118 valence electrons. The number of aromatic amines is 1. The monoisotopic (exact) mass is 314 g/mol. The van der Waals surface area contributed by atoms with E-state index in [4.69, 9.17) is 0 Å². The highest BCUT2D eigenvalue weighted by atomic mass is 16.3. The number of aryl methyl sites for hydroxylation is 1. The summed E-state index contributed by atoms with van der Waals surface area (Å²) in [7, 11) is 1.50. The van der Waals surface area contributed by atoms with Crippen molar-refractivity contribution >= 4 is 22.5 Å². The summed E-state index contributed by atoms with van der Waals surface area (Å²) in [6, 6.07) is 4.24. The molecule has 1 aromatic carbocycles. The molecule has 0 aliphatic heterocycles. The van der Waals surface area contributed by atoms with Crippen molar-refractivity contribution < 1.29 is 14.7 Å². The Morgan fingerprint density at radius 1 is 1.22 bits per heavy atom. The summed E-state index contributed by atoms with van der Waals surface area (Å²) in [6.45, 7) is 0. The first-order chi connectivity index (χ1) is 10.9. The fraction of sp³-hybridized carbons (Fsp3) is 0.250. The first-order valence-corrected chi connectivity index (χ1v) is 7.13. The van der Waals surface area contributed by atoms with Crippen LogP contribution in [0, 0.1) is 0 Å². The zero-order chi connectivity index (χ0) is 16.7. The molecule has 0 saturated carbocycles. The van der Waals surface area contributed by atoms with Gasteiger partial charge in [0.1, 0.15) is 11.3 Å². The minimum Gasteiger partial charge on any atom is -0.511 e. The topological polar surface area (TPSA) is 109 Å². The number of nitrogens with zero attached hydrogens (tertiary/aromatic N) is 1. The lowest BCUT2D eigenvalue weighted by Gasteiger charge is -2.14. The van der Waals surface area contributed by atoms with Crippen molar-refractivity contribution in [3.05, 3.63) is 55.9 Å². The van der Waals surface area contributed by atoms with Crippen molar-refractivity contribution in [2.75, 3.05) is 0 Å². The van der Waals surface area contributed by atoms with Crippen LogP contribution >= 0.6 is 0 Å². The second kappa shape index (κ2) is 5.35. The van der Waals surface area contributed by atoms with Crippen LogP contribution in [0.5, 0.6) is 0 Å². The Balaban J connectivity index is 2.18. The predicted octanol–water partition coefficient (Wildman–Crippen LogP) is 0.975. The molecule has 0 amide bonds. The van der Waals surface area contributed by atoms with Gasteiger partial charge in [-0.05, 0) is 24.6 Å². The number of H-pyrrole nitrogens is 1. The molecule has 0 unspecified atom stereocenters. The molecule has 0 spiro atoms. The lowest BCUT2D eigenvalue weighted by molar-refractivity contribution is -0.116. The fourth-order valence-corrected chi connectivity index (χ4v) is 2.74. The molecule has 0 saturated heterocycles. The molecule has 23 heavy (non-hydrogen) atoms. The number of hydrogen-bond donors (Lipinski definition) is 2. The van der Waals surface area contributed by atoms with Crippen LogP contribution in [0.25, 0.3) is 10.9 Å². The number of aliphatic hydroxyl groups excluding tert-OH is 1. The van der Waals surface area contributed by atoms with Crippen LogP contribution in [0.1, 0.15) is 29.6 Å². The molecule has 1 aliphatic rings. The zero-order valence-corrected chi connectivity index (χ0v) is 12.4. The maximum atomic E-state index is 12.5. The Hall–Kier alpha value is -2.96. The van der Waals surface area contributed by atoms with Crippen LogP contribution in [0.3, 0.4) is 0 Å². The van der Waals surface area contributed by atoms with Crippen LogP contribution in [-0.2, 0) is 11.8 Å². The van der Waals surface area contributed by atoms with Crippen LogP contribution in [0.4, 0.5) is 0 Å². The smallest absolute Gasteiger partial charge is 0.328 e. The van der Waals surface area contributed by atoms with Gasteiger partial charge < -0.3 is 5.11 Å². The summed E-state index contributed by atoms with van der Waals surface area (Å²) < 4.78 is 1.26. The number of Topliss-reactive ketones (excluding diaryl/α,β-unsaturated/α-hetero) is 2. The predicted molar refractivity (Wildman–Crippen MR) is 82.7 cm³/mol. The average Bonchev–Trinajstić information content (AvgIpc) is 2.52. The largest absolute Gasteiger partial charge is 0.511 e. The van der Waals surface area contributed by atoms with Crippen molar-refractivity contribution in [1.29, 1.82) is 0 Å². The molecule has 7 heteroatoms. The number of rotatable bonds is 2. The maximum Gasteiger partial charge on any atom is 0.328 e. The van der Waals surface area contributed by atoms with E-state index in [9.17, 15) is 24.3 Å². The Morgan fingerprint density at radius 2 is 1.96 bits per heavy atom. The number of hydrogen-bond acceptors (Lipinski definition) is 5. The van der Waals surface area contributed by atoms with Gasteiger partial charge >= 0.3 is 5.69 Å². The number of ketones is 2. The number of carbonyl (C=O) groups excluding carboxylic acids is 2. The van der Waals surface area contributed by atoms with Crippen LogP contribution in [-0.4, -0.2) is 26.2 Å². The van der Waals surface area contributed by atoms with E-state index in [0.29, 0.717) is 11.9 Å². The standard InChI is InChI=1S/C16H14N2O5/c1-18-10-6-5-8(7-9(10)15(22)17-16(18)23)14(21)13-11(19)3-2-4-12(13)20/h5-7,19H,2-4H2,1H3,(H,17,22,23). The minimum atomic E-state index is -0.609. The molecule has 7 nitrogen and oxygen atoms in total. The molecular formula is C16H14N2O5. The third kappa shape index (κ3) is 2.40. The Kier molecular flexibility index (Phi) is 3.48. The van der Waals surface area contributed by atoms with E-state index >= 15 is 0 Å². The number of benzene rings is 1. The van der Waals surface area contributed by atoms with Gasteiger partial charge in [-0.2, -0.15) is 0 Å². The zero-order valence-electron chi connectivity index (χ0n) is 12.4. The first-order valence-electron chi connectivity index (χ1n) is 7.13. The van der Waals surface area contributed by atoms with Crippen molar-refractivity contribution in [2.45, 2.75) is 19.3 Å². The van der Waals surface area contributed by atoms with Gasteiger partial charge in [-0.1, -0.05) is 0 Å². The highest BCUT2D eigenvalue weighted by Crippen LogP contribution is 2.24. The summed E-state index contributed by atoms with van der Waals surface area (Å²) in [5, 5.41) is 10.0. The van der Waals surface area contributed by atoms with Gasteiger partial charge in [0.25, 0.3) is 5.56 Å². The second-order valence-corrected chi connectivity index (χ2v) is 5.48. The second-order valence-electron chi connectivity index (χ2n) is 5.48. The van der Waals surface area contributed by atoms with Gasteiger partial charge in [-0.3, -0.25) is 23.9 Å². The van der Waals surface area contributed by atoms with Gasteiger partial charge in [-0.25, -0.2) is 4.79 Å². The number of nitrogens with one attached hydrogen (secondary N) is 1. The number of fused-ring (bicyclic) bond motifs is 1. The van der Waals surface area contributed by atoms with E-state index in [1.807, 2.05) is 0 Å². The summed E-state index contributed by atoms with van der Waals surface area (Å²) >= 11 is 0. The number of carbonyl (C=O) groups is 2. The van der Waals surface area contributed by atoms with Gasteiger partial charge in [0.2, 0.25) is 0 Å². The van der Waals surface area contributed by atoms with E-state index in [2.05, 4.69) is 4.98 Å². The normalized spacial score (nSPS) is 15.3. The number of aromatic nitrogens is 2. The SMILES string of the molecule is Cn1c(=O)[nH]c(=O)c2cc(C(=O)C3=C(O)CCCC3=O)ccc21. The highest BCUT2D eigenvalue weighted by Gasteiger charge is 2.27. The molecule has 2 N–H and O–H groups in total. The molecule has 1 aromatic heterocycles. The highest BCUT2D eigenvalue weighted by molar-refractivity contribution is 6.27. The van der Waals surface area contributed by atoms with Gasteiger partial charge in [0, 0.05) is 25.5 Å². The maximum absolute atomic E-state index is 12.5. The molecule has 2 aromatic rings. The minimum absolute atomic E-state index is 0.124. The molecule has 0 radical (unpaired) electrons. The summed E-state index contributed by atoms with van der Waals surface area (Å²) in [5.41, 5.74) is -0.867. The van der Waals surface area contributed by atoms with Crippen molar-refractivity contribution in [3.8, 4) is 0 Å². The lowest BCUT2D eigenvalue weighted by Crippen LogP contribution is -2.28. The van der Waals surface area contributed by atoms with E-state index in [0.717, 1.165) is 0 Å². The van der Waals surface area contributed by atoms with Crippen molar-refractivity contribution in [1.82, 2.24) is 9.55 Å². The van der Waals surface area contributed by atoms with E-state index in [1.54, 1.807) is 0 Å². The van der Waals surface area contributed by atoms with Crippen molar-refractivity contribution in [3.63, 3.8) is 0 Å². The van der Waals surface area contributed by atoms with Gasteiger partial charge in [0.15, 0.2) is 11.6 Å². The van der Waals surface area contributed by atoms with Crippen LogP contribution in [0.15, 0.2) is 39.1 Å². The number of aliphatic hydroxyl groups is 1. The Bertz CT molecular complexity index is 994. The molecule has 0 bridgehead atoms. The van der Waals surface area contributed by atoms with Gasteiger partial charge in [-0.15, -0.1) is 0 Å². The van der Waals surface area contributed by atoms with Crippen molar-refractivity contribution in [2.24, 2.45) is 7.05 Å². The van der Waals surface area contributed by atoms with Crippen LogP contribution in [0.2, 0.25) is 0 Å². The fourth-order valence-electron chi connectivity index (χ4n) is 2.74.